The molecule has 0 saturated carbocycles. The predicted octanol–water partition coefficient (Wildman–Crippen LogP) is 1.63. The molecule has 4 heterocycles. The number of aromatic nitrogens is 4. The van der Waals surface area contributed by atoms with E-state index in [1.165, 1.54) is 22.7 Å². The molecule has 8 nitrogen and oxygen atoms in total. The Morgan fingerprint density at radius 1 is 1.28 bits per heavy atom. The van der Waals surface area contributed by atoms with Gasteiger partial charge >= 0.3 is 0 Å². The largest absolute Gasteiger partial charge is 0.378 e. The van der Waals surface area contributed by atoms with E-state index in [9.17, 15) is 4.79 Å². The molecule has 0 aliphatic carbocycles. The monoisotopic (exact) mass is 378 g/mol. The van der Waals surface area contributed by atoms with Crippen LogP contribution in [0, 0.1) is 13.8 Å². The molecule has 0 unspecified atom stereocenters. The molecule has 3 aromatic heterocycles. The molecule has 1 N–H and O–H groups in total. The number of fused-ring (bicyclic) bond motifs is 1. The van der Waals surface area contributed by atoms with Crippen molar-refractivity contribution in [2.45, 2.75) is 20.4 Å². The third-order valence-corrected chi connectivity index (χ3v) is 5.95. The van der Waals surface area contributed by atoms with Crippen molar-refractivity contribution in [2.75, 3.05) is 31.2 Å². The topological polar surface area (TPSA) is 84.7 Å². The van der Waals surface area contributed by atoms with Crippen LogP contribution in [0.25, 0.3) is 4.96 Å². The maximum absolute atomic E-state index is 12.5. The molecule has 1 amide bonds. The molecule has 25 heavy (non-hydrogen) atoms. The van der Waals surface area contributed by atoms with Crippen LogP contribution in [0.1, 0.15) is 26.1 Å². The van der Waals surface area contributed by atoms with Gasteiger partial charge in [-0.25, -0.2) is 14.5 Å². The highest BCUT2D eigenvalue weighted by Gasteiger charge is 2.20. The van der Waals surface area contributed by atoms with E-state index in [0.717, 1.165) is 39.6 Å². The fourth-order valence-corrected chi connectivity index (χ4v) is 4.44. The number of hydrogen-bond donors (Lipinski definition) is 1. The minimum Gasteiger partial charge on any atom is -0.378 e. The third-order valence-electron chi connectivity index (χ3n) is 3.90. The molecule has 1 aliphatic heterocycles. The normalized spacial score (nSPS) is 15.0. The molecule has 1 aliphatic rings. The highest BCUT2D eigenvalue weighted by atomic mass is 32.1. The molecule has 1 saturated heterocycles. The van der Waals surface area contributed by atoms with Crippen LogP contribution in [0.15, 0.2) is 6.20 Å². The van der Waals surface area contributed by atoms with Crippen LogP contribution in [0.5, 0.6) is 0 Å². The maximum Gasteiger partial charge on any atom is 0.263 e. The van der Waals surface area contributed by atoms with Crippen molar-refractivity contribution < 1.29 is 9.53 Å². The van der Waals surface area contributed by atoms with E-state index in [2.05, 4.69) is 25.3 Å². The van der Waals surface area contributed by atoms with Gasteiger partial charge in [0.2, 0.25) is 4.96 Å². The summed E-state index contributed by atoms with van der Waals surface area (Å²) in [5, 5.41) is 9.10. The van der Waals surface area contributed by atoms with E-state index >= 15 is 0 Å². The maximum atomic E-state index is 12.5. The van der Waals surface area contributed by atoms with Crippen molar-refractivity contribution in [3.8, 4) is 0 Å². The van der Waals surface area contributed by atoms with Gasteiger partial charge in [0.25, 0.3) is 5.91 Å². The van der Waals surface area contributed by atoms with Gasteiger partial charge in [0.05, 0.1) is 37.3 Å². The van der Waals surface area contributed by atoms with Gasteiger partial charge in [-0.2, -0.15) is 5.10 Å². The van der Waals surface area contributed by atoms with Gasteiger partial charge in [0, 0.05) is 13.1 Å². The van der Waals surface area contributed by atoms with Crippen molar-refractivity contribution in [3.05, 3.63) is 27.5 Å². The summed E-state index contributed by atoms with van der Waals surface area (Å²) < 4.78 is 7.11. The average molecular weight is 378 g/mol. The molecule has 132 valence electrons. The Labute approximate surface area is 152 Å². The van der Waals surface area contributed by atoms with Gasteiger partial charge in [0.1, 0.15) is 9.88 Å². The lowest BCUT2D eigenvalue weighted by atomic mass is 10.3. The van der Waals surface area contributed by atoms with E-state index < -0.39 is 0 Å². The predicted molar refractivity (Wildman–Crippen MR) is 96.7 cm³/mol. The molecule has 0 bridgehead atoms. The van der Waals surface area contributed by atoms with Crippen molar-refractivity contribution >= 4 is 38.7 Å². The molecule has 0 spiro atoms. The van der Waals surface area contributed by atoms with Crippen LogP contribution in [0.2, 0.25) is 0 Å². The van der Waals surface area contributed by atoms with Gasteiger partial charge in [-0.1, -0.05) is 22.7 Å². The van der Waals surface area contributed by atoms with Crippen LogP contribution < -0.4 is 10.2 Å². The number of morpholine rings is 1. The molecular weight excluding hydrogens is 360 g/mol. The zero-order chi connectivity index (χ0) is 17.4. The van der Waals surface area contributed by atoms with Gasteiger partial charge in [-0.05, 0) is 13.8 Å². The average Bonchev–Trinajstić information content (AvgIpc) is 3.26. The number of hydrogen-bond acceptors (Lipinski definition) is 8. The van der Waals surface area contributed by atoms with Crippen LogP contribution >= 0.6 is 22.7 Å². The van der Waals surface area contributed by atoms with Gasteiger partial charge in [-0.15, -0.1) is 0 Å². The van der Waals surface area contributed by atoms with E-state index in [1.54, 1.807) is 4.52 Å². The minimum absolute atomic E-state index is 0.116. The van der Waals surface area contributed by atoms with Crippen LogP contribution in [0.3, 0.4) is 0 Å². The lowest BCUT2D eigenvalue weighted by Crippen LogP contribution is -2.36. The fraction of sp³-hybridized carbons (Fsp3) is 0.467. The standard InChI is InChI=1S/C15H18N6O2S2/c1-9-12(25-14(17-9)20-3-5-23-6-4-20)13(22)16-7-11-8-21-15(18-11)24-10(2)19-21/h8H,3-7H2,1-2H3,(H,16,22). The Hall–Kier alpha value is -2.04. The number of anilines is 1. The second-order valence-corrected chi connectivity index (χ2v) is 7.91. The Balaban J connectivity index is 1.43. The quantitative estimate of drug-likeness (QED) is 0.743. The molecule has 1 fully saturated rings. The molecule has 0 aromatic carbocycles. The molecule has 0 atom stereocenters. The van der Waals surface area contributed by atoms with Crippen LogP contribution in [0.4, 0.5) is 5.13 Å². The summed E-state index contributed by atoms with van der Waals surface area (Å²) in [6, 6.07) is 0. The second-order valence-electron chi connectivity index (χ2n) is 5.77. The fourth-order valence-electron chi connectivity index (χ4n) is 2.66. The number of rotatable bonds is 4. The molecule has 0 radical (unpaired) electrons. The van der Waals surface area contributed by atoms with E-state index in [4.69, 9.17) is 4.74 Å². The summed E-state index contributed by atoms with van der Waals surface area (Å²) >= 11 is 2.96. The van der Waals surface area contributed by atoms with Crippen molar-refractivity contribution in [1.29, 1.82) is 0 Å². The SMILES string of the molecule is Cc1nn2cc(CNC(=O)c3sc(N4CCOCC4)nc3C)nc2s1. The number of amides is 1. The molecular formula is C15H18N6O2S2. The summed E-state index contributed by atoms with van der Waals surface area (Å²) in [4.78, 5) is 25.2. The second kappa shape index (κ2) is 6.70. The van der Waals surface area contributed by atoms with Crippen molar-refractivity contribution in [2.24, 2.45) is 0 Å². The zero-order valence-corrected chi connectivity index (χ0v) is 15.6. The first-order chi connectivity index (χ1) is 12.1. The summed E-state index contributed by atoms with van der Waals surface area (Å²) in [5.41, 5.74) is 1.55. The lowest BCUT2D eigenvalue weighted by molar-refractivity contribution is 0.0953. The van der Waals surface area contributed by atoms with Gasteiger partial charge in [-0.3, -0.25) is 4.79 Å². The first-order valence-corrected chi connectivity index (χ1v) is 9.63. The number of aryl methyl sites for hydroxylation is 2. The van der Waals surface area contributed by atoms with E-state index in [0.29, 0.717) is 24.6 Å². The Bertz CT molecular complexity index is 877. The number of nitrogens with zero attached hydrogens (tertiary/aromatic N) is 5. The number of carbonyl (C=O) groups is 1. The smallest absolute Gasteiger partial charge is 0.263 e. The Morgan fingerprint density at radius 3 is 2.84 bits per heavy atom. The van der Waals surface area contributed by atoms with E-state index in [-0.39, 0.29) is 5.91 Å². The van der Waals surface area contributed by atoms with E-state index in [1.807, 2.05) is 20.0 Å². The summed E-state index contributed by atoms with van der Waals surface area (Å²) in [7, 11) is 0. The number of nitrogens with one attached hydrogen (secondary N) is 1. The number of ether oxygens (including phenoxy) is 1. The molecule has 3 aromatic rings. The highest BCUT2D eigenvalue weighted by Crippen LogP contribution is 2.26. The Morgan fingerprint density at radius 2 is 2.08 bits per heavy atom. The van der Waals surface area contributed by atoms with Crippen molar-refractivity contribution in [3.63, 3.8) is 0 Å². The van der Waals surface area contributed by atoms with Gasteiger partial charge in [0.15, 0.2) is 5.13 Å². The molecule has 4 rings (SSSR count). The summed E-state index contributed by atoms with van der Waals surface area (Å²) in [5.74, 6) is -0.116. The number of imidazole rings is 1. The number of thiazole rings is 1. The van der Waals surface area contributed by atoms with Gasteiger partial charge < -0.3 is 15.0 Å². The lowest BCUT2D eigenvalue weighted by Gasteiger charge is -2.25. The number of carbonyl (C=O) groups excluding carboxylic acids is 1. The van der Waals surface area contributed by atoms with Crippen LogP contribution in [-0.4, -0.2) is 51.8 Å². The first kappa shape index (κ1) is 16.4. The first-order valence-electron chi connectivity index (χ1n) is 8.00. The minimum atomic E-state index is -0.116. The summed E-state index contributed by atoms with van der Waals surface area (Å²) in [6.07, 6.45) is 1.85. The van der Waals surface area contributed by atoms with Crippen LogP contribution in [-0.2, 0) is 11.3 Å². The molecule has 10 heteroatoms. The highest BCUT2D eigenvalue weighted by molar-refractivity contribution is 7.17. The zero-order valence-electron chi connectivity index (χ0n) is 14.0. The third kappa shape index (κ3) is 3.37. The van der Waals surface area contributed by atoms with Crippen molar-refractivity contribution in [1.82, 2.24) is 24.9 Å². The Kier molecular flexibility index (Phi) is 4.40. The summed E-state index contributed by atoms with van der Waals surface area (Å²) in [6.45, 7) is 7.21.